The Morgan fingerprint density at radius 1 is 1.50 bits per heavy atom. The molecule has 0 saturated heterocycles. The molecule has 4 heteroatoms. The highest BCUT2D eigenvalue weighted by Gasteiger charge is 2.23. The number of carbonyl (C=O) groups excluding carboxylic acids is 2. The molecule has 0 atom stereocenters. The van der Waals surface area contributed by atoms with E-state index in [1.54, 1.807) is 6.07 Å². The van der Waals surface area contributed by atoms with Gasteiger partial charge in [-0.3, -0.25) is 4.79 Å². The molecular weight excluding hydrogens is 208 g/mol. The quantitative estimate of drug-likeness (QED) is 0.561. The van der Waals surface area contributed by atoms with Crippen LogP contribution in [0.1, 0.15) is 32.7 Å². The Hall–Kier alpha value is -1.84. The highest BCUT2D eigenvalue weighted by molar-refractivity contribution is 6.01. The standard InChI is InChI=1S/C12H12O4/c1-15-12(14)10-9(7-13)5-4-8-3-2-6-16-11(8)10/h4-5,7H,2-3,6H2,1H3. The van der Waals surface area contributed by atoms with Crippen LogP contribution in [-0.2, 0) is 11.2 Å². The van der Waals surface area contributed by atoms with E-state index in [1.807, 2.05) is 6.07 Å². The molecule has 0 N–H and O–H groups in total. The number of benzene rings is 1. The number of hydrogen-bond donors (Lipinski definition) is 0. The monoisotopic (exact) mass is 220 g/mol. The van der Waals surface area contributed by atoms with Crippen LogP contribution >= 0.6 is 0 Å². The van der Waals surface area contributed by atoms with Crippen molar-refractivity contribution in [3.05, 3.63) is 28.8 Å². The Labute approximate surface area is 93.2 Å². The number of aldehydes is 1. The fourth-order valence-electron chi connectivity index (χ4n) is 1.85. The van der Waals surface area contributed by atoms with Gasteiger partial charge in [0.1, 0.15) is 11.3 Å². The van der Waals surface area contributed by atoms with E-state index in [-0.39, 0.29) is 5.56 Å². The zero-order chi connectivity index (χ0) is 11.5. The van der Waals surface area contributed by atoms with Gasteiger partial charge in [0, 0.05) is 5.56 Å². The summed E-state index contributed by atoms with van der Waals surface area (Å²) >= 11 is 0. The van der Waals surface area contributed by atoms with E-state index in [4.69, 9.17) is 4.74 Å². The van der Waals surface area contributed by atoms with E-state index < -0.39 is 5.97 Å². The summed E-state index contributed by atoms with van der Waals surface area (Å²) in [5.41, 5.74) is 1.51. The third-order valence-electron chi connectivity index (χ3n) is 2.62. The van der Waals surface area contributed by atoms with Crippen LogP contribution in [0.4, 0.5) is 0 Å². The summed E-state index contributed by atoms with van der Waals surface area (Å²) in [6.07, 6.45) is 2.43. The van der Waals surface area contributed by atoms with Crippen LogP contribution in [0.3, 0.4) is 0 Å². The number of ether oxygens (including phenoxy) is 2. The van der Waals surface area contributed by atoms with Gasteiger partial charge in [-0.2, -0.15) is 0 Å². The van der Waals surface area contributed by atoms with Crippen LogP contribution in [0.5, 0.6) is 5.75 Å². The van der Waals surface area contributed by atoms with Gasteiger partial charge in [-0.05, 0) is 18.4 Å². The number of methoxy groups -OCH3 is 1. The van der Waals surface area contributed by atoms with Gasteiger partial charge < -0.3 is 9.47 Å². The molecule has 0 unspecified atom stereocenters. The van der Waals surface area contributed by atoms with Crippen LogP contribution in [0, 0.1) is 0 Å². The second kappa shape index (κ2) is 4.35. The molecule has 1 aromatic carbocycles. The van der Waals surface area contributed by atoms with Gasteiger partial charge in [0.2, 0.25) is 0 Å². The predicted molar refractivity (Wildman–Crippen MR) is 57.0 cm³/mol. The SMILES string of the molecule is COC(=O)c1c(C=O)ccc2c1OCCC2. The van der Waals surface area contributed by atoms with Crippen molar-refractivity contribution in [1.29, 1.82) is 0 Å². The van der Waals surface area contributed by atoms with E-state index in [2.05, 4.69) is 4.74 Å². The fraction of sp³-hybridized carbons (Fsp3) is 0.333. The lowest BCUT2D eigenvalue weighted by Crippen LogP contribution is -2.15. The number of aryl methyl sites for hydroxylation is 1. The third kappa shape index (κ3) is 1.66. The third-order valence-corrected chi connectivity index (χ3v) is 2.62. The number of hydrogen-bond acceptors (Lipinski definition) is 4. The normalized spacial score (nSPS) is 13.6. The molecule has 0 bridgehead atoms. The van der Waals surface area contributed by atoms with Gasteiger partial charge in [-0.1, -0.05) is 12.1 Å². The molecule has 0 aliphatic carbocycles. The molecule has 1 aromatic rings. The van der Waals surface area contributed by atoms with Crippen molar-refractivity contribution in [2.24, 2.45) is 0 Å². The summed E-state index contributed by atoms with van der Waals surface area (Å²) in [5.74, 6) is -0.0245. The number of carbonyl (C=O) groups is 2. The first-order valence-electron chi connectivity index (χ1n) is 5.10. The smallest absolute Gasteiger partial charge is 0.342 e. The van der Waals surface area contributed by atoms with E-state index in [9.17, 15) is 9.59 Å². The number of fused-ring (bicyclic) bond motifs is 1. The lowest BCUT2D eigenvalue weighted by molar-refractivity contribution is 0.0592. The first-order valence-corrected chi connectivity index (χ1v) is 5.10. The minimum Gasteiger partial charge on any atom is -0.492 e. The van der Waals surface area contributed by atoms with E-state index in [0.717, 1.165) is 18.4 Å². The van der Waals surface area contributed by atoms with E-state index in [1.165, 1.54) is 7.11 Å². The maximum atomic E-state index is 11.6. The minimum atomic E-state index is -0.527. The Balaban J connectivity index is 2.60. The molecule has 0 fully saturated rings. The second-order valence-corrected chi connectivity index (χ2v) is 3.58. The summed E-state index contributed by atoms with van der Waals surface area (Å²) in [6, 6.07) is 3.46. The van der Waals surface area contributed by atoms with Crippen LogP contribution in [0.15, 0.2) is 12.1 Å². The Kier molecular flexibility index (Phi) is 2.90. The molecule has 1 aliphatic rings. The molecule has 2 rings (SSSR count). The maximum Gasteiger partial charge on any atom is 0.342 e. The molecular formula is C12H12O4. The molecule has 0 amide bonds. The van der Waals surface area contributed by atoms with Gasteiger partial charge in [-0.15, -0.1) is 0 Å². The van der Waals surface area contributed by atoms with Gasteiger partial charge in [0.25, 0.3) is 0 Å². The topological polar surface area (TPSA) is 52.6 Å². The molecule has 0 aromatic heterocycles. The van der Waals surface area contributed by atoms with Crippen molar-refractivity contribution in [2.75, 3.05) is 13.7 Å². The molecule has 0 saturated carbocycles. The molecule has 4 nitrogen and oxygen atoms in total. The maximum absolute atomic E-state index is 11.6. The highest BCUT2D eigenvalue weighted by Crippen LogP contribution is 2.31. The van der Waals surface area contributed by atoms with Gasteiger partial charge in [-0.25, -0.2) is 4.79 Å². The van der Waals surface area contributed by atoms with Crippen LogP contribution < -0.4 is 4.74 Å². The first-order chi connectivity index (χ1) is 7.77. The average molecular weight is 220 g/mol. The number of rotatable bonds is 2. The summed E-state index contributed by atoms with van der Waals surface area (Å²) in [7, 11) is 1.29. The van der Waals surface area contributed by atoms with Crippen LogP contribution in [-0.4, -0.2) is 26.0 Å². The average Bonchev–Trinajstić information content (AvgIpc) is 2.36. The van der Waals surface area contributed by atoms with E-state index in [0.29, 0.717) is 24.2 Å². The largest absolute Gasteiger partial charge is 0.492 e. The van der Waals surface area contributed by atoms with Crippen molar-refractivity contribution in [2.45, 2.75) is 12.8 Å². The lowest BCUT2D eigenvalue weighted by Gasteiger charge is -2.20. The molecule has 0 radical (unpaired) electrons. The Morgan fingerprint density at radius 3 is 3.00 bits per heavy atom. The van der Waals surface area contributed by atoms with Gasteiger partial charge >= 0.3 is 5.97 Å². The van der Waals surface area contributed by atoms with Crippen molar-refractivity contribution >= 4 is 12.3 Å². The zero-order valence-corrected chi connectivity index (χ0v) is 8.99. The molecule has 16 heavy (non-hydrogen) atoms. The summed E-state index contributed by atoms with van der Waals surface area (Å²) in [5, 5.41) is 0. The fourth-order valence-corrected chi connectivity index (χ4v) is 1.85. The van der Waals surface area contributed by atoms with Crippen molar-refractivity contribution < 1.29 is 19.1 Å². The van der Waals surface area contributed by atoms with Crippen molar-refractivity contribution in [1.82, 2.24) is 0 Å². The summed E-state index contributed by atoms with van der Waals surface area (Å²) in [6.45, 7) is 0.569. The molecule has 0 spiro atoms. The molecule has 1 aliphatic heterocycles. The van der Waals surface area contributed by atoms with E-state index >= 15 is 0 Å². The van der Waals surface area contributed by atoms with Crippen molar-refractivity contribution in [3.63, 3.8) is 0 Å². The molecule has 84 valence electrons. The van der Waals surface area contributed by atoms with Crippen LogP contribution in [0.25, 0.3) is 0 Å². The summed E-state index contributed by atoms with van der Waals surface area (Å²) < 4.78 is 10.1. The number of esters is 1. The highest BCUT2D eigenvalue weighted by atomic mass is 16.5. The second-order valence-electron chi connectivity index (χ2n) is 3.58. The van der Waals surface area contributed by atoms with Gasteiger partial charge in [0.15, 0.2) is 6.29 Å². The van der Waals surface area contributed by atoms with Crippen molar-refractivity contribution in [3.8, 4) is 5.75 Å². The predicted octanol–water partition coefficient (Wildman–Crippen LogP) is 1.61. The Bertz CT molecular complexity index is 437. The van der Waals surface area contributed by atoms with Gasteiger partial charge in [0.05, 0.1) is 13.7 Å². The minimum absolute atomic E-state index is 0.245. The zero-order valence-electron chi connectivity index (χ0n) is 8.99. The molecule has 1 heterocycles. The first kappa shape index (κ1) is 10.7. The Morgan fingerprint density at radius 2 is 2.31 bits per heavy atom. The lowest BCUT2D eigenvalue weighted by atomic mass is 9.98. The van der Waals surface area contributed by atoms with Crippen LogP contribution in [0.2, 0.25) is 0 Å². The summed E-state index contributed by atoms with van der Waals surface area (Å²) in [4.78, 5) is 22.5.